The molecule has 114 valence electrons. The van der Waals surface area contributed by atoms with Crippen LogP contribution in [0.5, 0.6) is 0 Å². The highest BCUT2D eigenvalue weighted by Gasteiger charge is 2.39. The molecule has 4 rings (SSSR count). The summed E-state index contributed by atoms with van der Waals surface area (Å²) in [5, 5.41) is 21.6. The van der Waals surface area contributed by atoms with Crippen molar-refractivity contribution >= 4 is 11.5 Å². The highest BCUT2D eigenvalue weighted by molar-refractivity contribution is 5.65. The van der Waals surface area contributed by atoms with Gasteiger partial charge in [0.25, 0.3) is 5.69 Å². The molecule has 2 aliphatic rings. The summed E-state index contributed by atoms with van der Waals surface area (Å²) in [6.45, 7) is 7.63. The van der Waals surface area contributed by atoms with Gasteiger partial charge in [-0.2, -0.15) is 5.10 Å². The number of hydrogen-bond donors (Lipinski definition) is 2. The van der Waals surface area contributed by atoms with Crippen molar-refractivity contribution < 1.29 is 4.92 Å². The van der Waals surface area contributed by atoms with Crippen LogP contribution in [0.15, 0.2) is 41.9 Å². The number of rotatable bonds is 3. The number of H-pyrrole nitrogens is 1. The second kappa shape index (κ2) is 4.95. The molecule has 23 heavy (non-hydrogen) atoms. The lowest BCUT2D eigenvalue weighted by Gasteiger charge is -2.26. The van der Waals surface area contributed by atoms with Crippen LogP contribution in [-0.2, 0) is 0 Å². The summed E-state index contributed by atoms with van der Waals surface area (Å²) in [4.78, 5) is 14.7. The number of aromatic amines is 1. The minimum Gasteiger partial charge on any atom is -0.354 e. The van der Waals surface area contributed by atoms with Crippen molar-refractivity contribution in [2.24, 2.45) is 5.92 Å². The molecule has 2 N–H and O–H groups in total. The third kappa shape index (κ3) is 2.07. The Bertz CT molecular complexity index is 873. The van der Waals surface area contributed by atoms with E-state index in [1.165, 1.54) is 6.07 Å². The minimum absolute atomic E-state index is 0.0304. The van der Waals surface area contributed by atoms with E-state index in [2.05, 4.69) is 20.4 Å². The molecule has 0 saturated heterocycles. The van der Waals surface area contributed by atoms with Crippen LogP contribution in [0.25, 0.3) is 4.85 Å². The van der Waals surface area contributed by atoms with Crippen molar-refractivity contribution in [2.75, 3.05) is 5.32 Å². The Kier molecular flexibility index (Phi) is 2.91. The largest absolute Gasteiger partial charge is 0.354 e. The molecule has 1 aromatic heterocycles. The molecule has 1 unspecified atom stereocenters. The summed E-state index contributed by atoms with van der Waals surface area (Å²) in [6.07, 6.45) is 3.71. The zero-order chi connectivity index (χ0) is 16.0. The molecule has 1 fully saturated rings. The van der Waals surface area contributed by atoms with Gasteiger partial charge in [-0.05, 0) is 18.8 Å². The quantitative estimate of drug-likeness (QED) is 0.516. The number of fused-ring (bicyclic) bond motifs is 1. The fourth-order valence-corrected chi connectivity index (χ4v) is 3.14. The average Bonchev–Trinajstić information content (AvgIpc) is 3.30. The van der Waals surface area contributed by atoms with Crippen LogP contribution in [-0.4, -0.2) is 15.1 Å². The van der Waals surface area contributed by atoms with Crippen molar-refractivity contribution in [1.29, 1.82) is 0 Å². The SMILES string of the molecule is [C-]#[N+]C1=C(C2CC2)Nc2[nH]ncc2C1c1ccccc1[N+](=O)[O-]. The zero-order valence-electron chi connectivity index (χ0n) is 12.1. The predicted octanol–water partition coefficient (Wildman–Crippen LogP) is 3.42. The Labute approximate surface area is 132 Å². The first-order valence-electron chi connectivity index (χ1n) is 7.35. The lowest BCUT2D eigenvalue weighted by molar-refractivity contribution is -0.385. The fraction of sp³-hybridized carbons (Fsp3) is 0.250. The Morgan fingerprint density at radius 3 is 2.78 bits per heavy atom. The monoisotopic (exact) mass is 307 g/mol. The van der Waals surface area contributed by atoms with Gasteiger partial charge in [0.2, 0.25) is 0 Å². The van der Waals surface area contributed by atoms with E-state index >= 15 is 0 Å². The second-order valence-electron chi connectivity index (χ2n) is 5.76. The summed E-state index contributed by atoms with van der Waals surface area (Å²) in [5.41, 5.74) is 2.75. The molecule has 1 atom stereocenters. The van der Waals surface area contributed by atoms with Gasteiger partial charge >= 0.3 is 0 Å². The van der Waals surface area contributed by atoms with E-state index in [9.17, 15) is 10.1 Å². The molecule has 2 aromatic rings. The van der Waals surface area contributed by atoms with Crippen molar-refractivity contribution in [3.8, 4) is 0 Å². The van der Waals surface area contributed by atoms with E-state index < -0.39 is 10.8 Å². The van der Waals surface area contributed by atoms with Gasteiger partial charge in [0.1, 0.15) is 5.82 Å². The number of nitrogens with zero attached hydrogens (tertiary/aromatic N) is 3. The van der Waals surface area contributed by atoms with Crippen LogP contribution in [0.3, 0.4) is 0 Å². The van der Waals surface area contributed by atoms with Crippen molar-refractivity contribution in [3.63, 3.8) is 0 Å². The van der Waals surface area contributed by atoms with Crippen LogP contribution >= 0.6 is 0 Å². The molecule has 1 saturated carbocycles. The maximum Gasteiger partial charge on any atom is 0.272 e. The second-order valence-corrected chi connectivity index (χ2v) is 5.76. The van der Waals surface area contributed by atoms with Crippen LogP contribution < -0.4 is 5.32 Å². The van der Waals surface area contributed by atoms with E-state index in [1.807, 2.05) is 0 Å². The zero-order valence-corrected chi connectivity index (χ0v) is 12.1. The first-order valence-corrected chi connectivity index (χ1v) is 7.35. The topological polar surface area (TPSA) is 88.2 Å². The normalized spacial score (nSPS) is 19.7. The van der Waals surface area contributed by atoms with Gasteiger partial charge in [-0.1, -0.05) is 18.2 Å². The van der Waals surface area contributed by atoms with Crippen LogP contribution in [0.2, 0.25) is 0 Å². The van der Waals surface area contributed by atoms with Gasteiger partial charge in [0.05, 0.1) is 23.6 Å². The summed E-state index contributed by atoms with van der Waals surface area (Å²) in [6, 6.07) is 6.61. The predicted molar refractivity (Wildman–Crippen MR) is 83.5 cm³/mol. The maximum atomic E-state index is 11.4. The molecule has 1 aliphatic heterocycles. The fourth-order valence-electron chi connectivity index (χ4n) is 3.14. The van der Waals surface area contributed by atoms with E-state index in [0.717, 1.165) is 29.9 Å². The van der Waals surface area contributed by atoms with Gasteiger partial charge in [-0.15, -0.1) is 0 Å². The summed E-state index contributed by atoms with van der Waals surface area (Å²) in [7, 11) is 0. The number of benzene rings is 1. The highest BCUT2D eigenvalue weighted by Crippen LogP contribution is 2.49. The van der Waals surface area contributed by atoms with E-state index in [-0.39, 0.29) is 5.69 Å². The van der Waals surface area contributed by atoms with Crippen LogP contribution in [0.1, 0.15) is 29.9 Å². The Hall–Kier alpha value is -3.14. The first-order chi connectivity index (χ1) is 11.2. The molecular weight excluding hydrogens is 294 g/mol. The van der Waals surface area contributed by atoms with E-state index in [4.69, 9.17) is 6.57 Å². The molecule has 0 spiro atoms. The molecule has 7 heteroatoms. The van der Waals surface area contributed by atoms with E-state index in [0.29, 0.717) is 17.2 Å². The third-order valence-corrected chi connectivity index (χ3v) is 4.34. The highest BCUT2D eigenvalue weighted by atomic mass is 16.6. The van der Waals surface area contributed by atoms with Gasteiger partial charge in [0.15, 0.2) is 5.70 Å². The minimum atomic E-state index is -0.459. The molecule has 1 aliphatic carbocycles. The number of allylic oxidation sites excluding steroid dienone is 2. The number of anilines is 1. The van der Waals surface area contributed by atoms with Crippen molar-refractivity contribution in [1.82, 2.24) is 10.2 Å². The average molecular weight is 307 g/mol. The van der Waals surface area contributed by atoms with Crippen molar-refractivity contribution in [2.45, 2.75) is 18.8 Å². The number of para-hydroxylation sites is 1. The van der Waals surface area contributed by atoms with Crippen molar-refractivity contribution in [3.05, 3.63) is 74.5 Å². The summed E-state index contributed by atoms with van der Waals surface area (Å²) < 4.78 is 0. The van der Waals surface area contributed by atoms with Gasteiger partial charge < -0.3 is 5.32 Å². The standard InChI is InChI=1S/C16H13N5O2/c1-17-15-13(10-4-2-3-5-12(10)21(22)23)11-8-18-20-16(11)19-14(15)9-6-7-9/h2-5,8-9,13H,6-7H2,(H2,18,19,20). The smallest absolute Gasteiger partial charge is 0.272 e. The maximum absolute atomic E-state index is 11.4. The summed E-state index contributed by atoms with van der Waals surface area (Å²) in [5.74, 6) is 0.600. The number of aromatic nitrogens is 2. The number of hydrogen-bond acceptors (Lipinski definition) is 4. The molecule has 0 bridgehead atoms. The van der Waals surface area contributed by atoms with Crippen LogP contribution in [0.4, 0.5) is 11.5 Å². The van der Waals surface area contributed by atoms with Gasteiger partial charge in [-0.3, -0.25) is 15.2 Å². The molecule has 0 amide bonds. The van der Waals surface area contributed by atoms with Crippen LogP contribution in [0, 0.1) is 22.6 Å². The van der Waals surface area contributed by atoms with Gasteiger partial charge in [-0.25, -0.2) is 4.85 Å². The molecule has 1 aromatic carbocycles. The molecule has 0 radical (unpaired) electrons. The first kappa shape index (κ1) is 13.5. The Balaban J connectivity index is 1.96. The summed E-state index contributed by atoms with van der Waals surface area (Å²) >= 11 is 0. The molecular formula is C16H13N5O2. The molecule has 2 heterocycles. The number of nitrogens with one attached hydrogen (secondary N) is 2. The molecule has 7 nitrogen and oxygen atoms in total. The third-order valence-electron chi connectivity index (χ3n) is 4.34. The Morgan fingerprint density at radius 1 is 1.30 bits per heavy atom. The Morgan fingerprint density at radius 2 is 2.09 bits per heavy atom. The lowest BCUT2D eigenvalue weighted by Crippen LogP contribution is -2.18. The van der Waals surface area contributed by atoms with E-state index in [1.54, 1.807) is 24.4 Å². The number of nitro benzene ring substituents is 1. The lowest BCUT2D eigenvalue weighted by atomic mass is 9.85. The number of nitro groups is 1. The van der Waals surface area contributed by atoms with Gasteiger partial charge in [0, 0.05) is 22.9 Å².